The Balaban J connectivity index is 1.33. The van der Waals surface area contributed by atoms with Crippen LogP contribution in [0.25, 0.3) is 22.3 Å². The van der Waals surface area contributed by atoms with E-state index in [1.165, 1.54) is 107 Å². The van der Waals surface area contributed by atoms with E-state index in [0.29, 0.717) is 0 Å². The molecule has 0 spiro atoms. The summed E-state index contributed by atoms with van der Waals surface area (Å²) >= 11 is 7.82. The summed E-state index contributed by atoms with van der Waals surface area (Å²) in [5, 5.41) is 0. The van der Waals surface area contributed by atoms with Crippen molar-refractivity contribution >= 4 is 60.3 Å². The molecule has 0 radical (unpaired) electrons. The molecule has 0 heterocycles. The van der Waals surface area contributed by atoms with Crippen LogP contribution in [0.5, 0.6) is 0 Å². The van der Waals surface area contributed by atoms with Crippen molar-refractivity contribution in [2.24, 2.45) is 0 Å². The van der Waals surface area contributed by atoms with Crippen molar-refractivity contribution < 1.29 is 0 Å². The maximum atomic E-state index is 3.94. The lowest BCUT2D eigenvalue weighted by atomic mass is 9.69. The van der Waals surface area contributed by atoms with Gasteiger partial charge in [-0.25, -0.2) is 0 Å². The van der Waals surface area contributed by atoms with Crippen LogP contribution in [0.2, 0.25) is 0 Å². The number of benzene rings is 6. The Hall–Kier alpha value is -4.38. The zero-order chi connectivity index (χ0) is 42.0. The molecule has 2 unspecified atom stereocenters. The first-order valence-corrected chi connectivity index (χ1v) is 24.0. The number of hydrogen-bond acceptors (Lipinski definition) is 2. The Labute approximate surface area is 377 Å². The van der Waals surface area contributed by atoms with E-state index in [9.17, 15) is 0 Å². The smallest absolute Gasteiger partial charge is 0.0603 e. The first-order chi connectivity index (χ1) is 29.2. The minimum absolute atomic E-state index is 0.0698. The average Bonchev–Trinajstić information content (AvgIpc) is 3.68. The van der Waals surface area contributed by atoms with Crippen LogP contribution in [0.3, 0.4) is 0 Å². The van der Waals surface area contributed by atoms with Crippen LogP contribution in [-0.2, 0) is 10.8 Å². The van der Waals surface area contributed by atoms with Crippen LogP contribution in [0.15, 0.2) is 148 Å². The second-order valence-electron chi connectivity index (χ2n) is 17.3. The van der Waals surface area contributed by atoms with Gasteiger partial charge in [0.05, 0.1) is 11.4 Å². The predicted octanol–water partition coefficient (Wildman–Crippen LogP) is 18.3. The first kappa shape index (κ1) is 42.3. The molecule has 60 heavy (non-hydrogen) atoms. The summed E-state index contributed by atoms with van der Waals surface area (Å²) in [7, 11) is 0. The molecule has 2 aliphatic carbocycles. The van der Waals surface area contributed by atoms with Gasteiger partial charge < -0.3 is 9.80 Å². The maximum Gasteiger partial charge on any atom is 0.0603 e. The molecule has 0 saturated heterocycles. The van der Waals surface area contributed by atoms with Crippen molar-refractivity contribution in [2.45, 2.75) is 117 Å². The maximum absolute atomic E-state index is 3.94. The molecule has 2 aliphatic rings. The van der Waals surface area contributed by atoms with Gasteiger partial charge >= 0.3 is 0 Å². The van der Waals surface area contributed by atoms with Gasteiger partial charge in [-0.1, -0.05) is 133 Å². The number of anilines is 5. The number of halogens is 2. The topological polar surface area (TPSA) is 6.48 Å². The largest absolute Gasteiger partial charge is 0.314 e. The molecule has 308 valence electrons. The van der Waals surface area contributed by atoms with Crippen molar-refractivity contribution in [1.82, 2.24) is 0 Å². The highest BCUT2D eigenvalue weighted by atomic mass is 79.9. The van der Waals surface area contributed by atoms with Crippen LogP contribution in [0, 0.1) is 0 Å². The van der Waals surface area contributed by atoms with E-state index >= 15 is 0 Å². The van der Waals surface area contributed by atoms with Gasteiger partial charge in [0.1, 0.15) is 0 Å². The van der Waals surface area contributed by atoms with E-state index < -0.39 is 0 Å². The molecule has 0 fully saturated rings. The van der Waals surface area contributed by atoms with E-state index in [0.717, 1.165) is 38.8 Å². The zero-order valence-electron chi connectivity index (χ0n) is 36.4. The van der Waals surface area contributed by atoms with Gasteiger partial charge in [-0.2, -0.15) is 0 Å². The molecule has 6 aromatic carbocycles. The fraction of sp³-hybridized carbons (Fsp3) is 0.321. The Morgan fingerprint density at radius 1 is 0.533 bits per heavy atom. The van der Waals surface area contributed by atoms with E-state index in [2.05, 4.69) is 217 Å². The van der Waals surface area contributed by atoms with Gasteiger partial charge in [-0.3, -0.25) is 0 Å². The van der Waals surface area contributed by atoms with Crippen molar-refractivity contribution in [3.05, 3.63) is 170 Å². The van der Waals surface area contributed by atoms with Gasteiger partial charge in [-0.15, -0.1) is 0 Å². The van der Waals surface area contributed by atoms with Crippen molar-refractivity contribution in [2.75, 3.05) is 9.80 Å². The molecule has 6 aromatic rings. The summed E-state index contributed by atoms with van der Waals surface area (Å²) in [5.41, 5.74) is 18.5. The second kappa shape index (κ2) is 17.9. The number of hydrogen-bond donors (Lipinski definition) is 0. The minimum Gasteiger partial charge on any atom is -0.314 e. The van der Waals surface area contributed by atoms with Crippen LogP contribution in [-0.4, -0.2) is 0 Å². The summed E-state index contributed by atoms with van der Waals surface area (Å²) < 4.78 is 2.18. The zero-order valence-corrected chi connectivity index (χ0v) is 39.6. The fourth-order valence-corrected chi connectivity index (χ4v) is 11.3. The monoisotopic (exact) mass is 918 g/mol. The van der Waals surface area contributed by atoms with E-state index in [-0.39, 0.29) is 10.8 Å². The lowest BCUT2D eigenvalue weighted by Gasteiger charge is -2.34. The molecule has 0 N–H and O–H groups in total. The van der Waals surface area contributed by atoms with Crippen molar-refractivity contribution in [3.8, 4) is 22.3 Å². The van der Waals surface area contributed by atoms with Crippen LogP contribution in [0.4, 0.5) is 28.4 Å². The van der Waals surface area contributed by atoms with Gasteiger partial charge in [0.25, 0.3) is 0 Å². The summed E-state index contributed by atoms with van der Waals surface area (Å²) in [6.07, 6.45) is 14.3. The van der Waals surface area contributed by atoms with Gasteiger partial charge in [0.2, 0.25) is 0 Å². The summed E-state index contributed by atoms with van der Waals surface area (Å²) in [6, 6.07) is 48.1. The quantitative estimate of drug-likeness (QED) is 0.0893. The highest BCUT2D eigenvalue weighted by Crippen LogP contribution is 2.61. The van der Waals surface area contributed by atoms with Gasteiger partial charge in [0.15, 0.2) is 0 Å². The van der Waals surface area contributed by atoms with E-state index in [4.69, 9.17) is 0 Å². The Morgan fingerprint density at radius 3 is 1.70 bits per heavy atom. The van der Waals surface area contributed by atoms with Gasteiger partial charge in [0, 0.05) is 42.5 Å². The molecular weight excluding hydrogens is 860 g/mol. The Kier molecular flexibility index (Phi) is 12.6. The van der Waals surface area contributed by atoms with Crippen molar-refractivity contribution in [3.63, 3.8) is 0 Å². The molecule has 8 rings (SSSR count). The predicted molar refractivity (Wildman–Crippen MR) is 266 cm³/mol. The highest BCUT2D eigenvalue weighted by molar-refractivity contribution is 9.11. The highest BCUT2D eigenvalue weighted by Gasteiger charge is 2.46. The molecule has 4 heteroatoms. The summed E-state index contributed by atoms with van der Waals surface area (Å²) in [5.74, 6) is 0. The van der Waals surface area contributed by atoms with Crippen LogP contribution >= 0.6 is 31.9 Å². The van der Waals surface area contributed by atoms with E-state index in [1.807, 2.05) is 0 Å². The molecule has 2 atom stereocenters. The number of nitrogens with zero attached hydrogens (tertiary/aromatic N) is 2. The molecule has 0 aromatic heterocycles. The summed E-state index contributed by atoms with van der Waals surface area (Å²) in [6.45, 7) is 13.9. The number of fused-ring (bicyclic) bond motifs is 6. The number of unbranched alkanes of at least 4 members (excludes halogenated alkanes) is 5. The second-order valence-corrected chi connectivity index (χ2v) is 19.0. The fourth-order valence-electron chi connectivity index (χ4n) is 10.4. The molecule has 0 amide bonds. The third kappa shape index (κ3) is 7.40. The average molecular weight is 921 g/mol. The third-order valence-corrected chi connectivity index (χ3v) is 15.2. The standard InChI is InChI=1S/C56H60Br2N2/c1-7-11-13-22-34-56(33-21-12-8-2)49-36-42(60(40-23-15-14-16-24-40)54-28-20-18-26-52(54)58)30-32-44(49)46-37-48-45(38-50(46)56)43-31-29-41(35-47(43)55(48,6)10-4)59(39(5)9-3)53-27-19-17-25-51(53)57/h9,14-20,23-32,35-38H,7-8,10-13,21-22,33-34H2,1-6H3/b39-9+. The third-order valence-electron chi connectivity index (χ3n) is 13.8. The Bertz CT molecular complexity index is 2520. The van der Waals surface area contributed by atoms with E-state index in [1.54, 1.807) is 5.56 Å². The van der Waals surface area contributed by atoms with Crippen LogP contribution < -0.4 is 9.80 Å². The Morgan fingerprint density at radius 2 is 1.05 bits per heavy atom. The van der Waals surface area contributed by atoms with Crippen LogP contribution in [0.1, 0.15) is 128 Å². The lowest BCUT2D eigenvalue weighted by molar-refractivity contribution is 0.403. The minimum atomic E-state index is -0.127. The first-order valence-electron chi connectivity index (χ1n) is 22.5. The molecule has 0 aliphatic heterocycles. The number of allylic oxidation sites excluding steroid dienone is 2. The number of rotatable bonds is 16. The molecular formula is C56H60Br2N2. The molecule has 2 nitrogen and oxygen atoms in total. The molecule has 0 bridgehead atoms. The summed E-state index contributed by atoms with van der Waals surface area (Å²) in [4.78, 5) is 4.84. The van der Waals surface area contributed by atoms with Gasteiger partial charge in [-0.05, 0) is 182 Å². The van der Waals surface area contributed by atoms with Crippen molar-refractivity contribution in [1.29, 1.82) is 0 Å². The number of para-hydroxylation sites is 3. The SMILES string of the molecule is C/C=C(\C)N(c1ccc2c(c1)C(C)(CC)c1cc3c(cc1-2)C(CCCCC)(CCCCCC)c1cc(N(c2ccccc2)c2ccccc2Br)ccc1-3)c1ccccc1Br. The molecule has 0 saturated carbocycles. The normalized spacial score (nSPS) is 17.6. The lowest BCUT2D eigenvalue weighted by Crippen LogP contribution is -2.26.